The third kappa shape index (κ3) is 3.34. The van der Waals surface area contributed by atoms with E-state index in [4.69, 9.17) is 17.3 Å². The van der Waals surface area contributed by atoms with Gasteiger partial charge in [-0.2, -0.15) is 0 Å². The van der Waals surface area contributed by atoms with Crippen LogP contribution in [0.4, 0.5) is 4.39 Å². The van der Waals surface area contributed by atoms with Crippen molar-refractivity contribution in [3.8, 4) is 0 Å². The molecule has 1 aromatic carbocycles. The summed E-state index contributed by atoms with van der Waals surface area (Å²) in [5, 5.41) is -0.0304. The Bertz CT molecular complexity index is 442. The van der Waals surface area contributed by atoms with Crippen molar-refractivity contribution in [2.75, 3.05) is 13.1 Å². The van der Waals surface area contributed by atoms with Crippen LogP contribution in [0.15, 0.2) is 18.2 Å². The molecule has 2 N–H and O–H groups in total. The summed E-state index contributed by atoms with van der Waals surface area (Å²) in [5.41, 5.74) is 6.22. The van der Waals surface area contributed by atoms with Crippen molar-refractivity contribution in [2.24, 2.45) is 5.73 Å². The van der Waals surface area contributed by atoms with E-state index in [9.17, 15) is 9.18 Å². The molecule has 1 saturated heterocycles. The van der Waals surface area contributed by atoms with Crippen molar-refractivity contribution >= 4 is 29.9 Å². The highest BCUT2D eigenvalue weighted by atomic mass is 35.5. The first-order chi connectivity index (χ1) is 8.08. The molecule has 6 heteroatoms. The van der Waals surface area contributed by atoms with Gasteiger partial charge in [-0.25, -0.2) is 4.39 Å². The normalized spacial score (nSPS) is 19.3. The predicted molar refractivity (Wildman–Crippen MR) is 71.8 cm³/mol. The smallest absolute Gasteiger partial charge is 0.253 e. The van der Waals surface area contributed by atoms with E-state index in [-0.39, 0.29) is 29.4 Å². The minimum absolute atomic E-state index is 0. The Labute approximate surface area is 116 Å². The van der Waals surface area contributed by atoms with Gasteiger partial charge < -0.3 is 10.6 Å². The predicted octanol–water partition coefficient (Wildman–Crippen LogP) is 2.46. The van der Waals surface area contributed by atoms with Gasteiger partial charge in [-0.3, -0.25) is 4.79 Å². The zero-order valence-electron chi connectivity index (χ0n) is 9.73. The van der Waals surface area contributed by atoms with Gasteiger partial charge in [0.2, 0.25) is 0 Å². The van der Waals surface area contributed by atoms with Crippen LogP contribution in [0.25, 0.3) is 0 Å². The van der Waals surface area contributed by atoms with Crippen LogP contribution in [0.2, 0.25) is 5.02 Å². The maximum Gasteiger partial charge on any atom is 0.253 e. The summed E-state index contributed by atoms with van der Waals surface area (Å²) in [7, 11) is 0. The van der Waals surface area contributed by atoms with Crippen LogP contribution >= 0.6 is 24.0 Å². The molecule has 100 valence electrons. The second kappa shape index (κ2) is 6.36. The second-order valence-electron chi connectivity index (χ2n) is 4.28. The number of piperidine rings is 1. The monoisotopic (exact) mass is 292 g/mol. The highest BCUT2D eigenvalue weighted by molar-refractivity contribution is 6.31. The van der Waals surface area contributed by atoms with Crippen LogP contribution in [0.3, 0.4) is 0 Å². The molecule has 0 aliphatic carbocycles. The number of carbonyl (C=O) groups excluding carboxylic acids is 1. The van der Waals surface area contributed by atoms with Crippen LogP contribution in [0, 0.1) is 5.82 Å². The number of hydrogen-bond acceptors (Lipinski definition) is 2. The highest BCUT2D eigenvalue weighted by Gasteiger charge is 2.22. The molecule has 0 bridgehead atoms. The van der Waals surface area contributed by atoms with Gasteiger partial charge in [0, 0.05) is 24.7 Å². The number of nitrogens with two attached hydrogens (primary N) is 1. The van der Waals surface area contributed by atoms with Gasteiger partial charge in [-0.1, -0.05) is 11.6 Å². The van der Waals surface area contributed by atoms with Crippen LogP contribution < -0.4 is 5.73 Å². The van der Waals surface area contributed by atoms with Crippen molar-refractivity contribution in [1.29, 1.82) is 0 Å². The Morgan fingerprint density at radius 2 is 2.22 bits per heavy atom. The van der Waals surface area contributed by atoms with Gasteiger partial charge in [0.25, 0.3) is 5.91 Å². The zero-order chi connectivity index (χ0) is 12.4. The van der Waals surface area contributed by atoms with Crippen molar-refractivity contribution in [1.82, 2.24) is 4.90 Å². The SMILES string of the molecule is Cl.NC1CCCN(C(=O)c2ccc(F)c(Cl)c2)C1. The molecule has 0 spiro atoms. The van der Waals surface area contributed by atoms with E-state index in [2.05, 4.69) is 0 Å². The molecule has 18 heavy (non-hydrogen) atoms. The van der Waals surface area contributed by atoms with Gasteiger partial charge in [0.1, 0.15) is 5.82 Å². The van der Waals surface area contributed by atoms with E-state index in [1.54, 1.807) is 4.90 Å². The number of halogens is 3. The van der Waals surface area contributed by atoms with E-state index < -0.39 is 5.82 Å². The summed E-state index contributed by atoms with van der Waals surface area (Å²) in [6.45, 7) is 1.25. The Hall–Kier alpha value is -0.840. The van der Waals surface area contributed by atoms with Crippen molar-refractivity contribution in [3.63, 3.8) is 0 Å². The summed E-state index contributed by atoms with van der Waals surface area (Å²) in [4.78, 5) is 13.8. The topological polar surface area (TPSA) is 46.3 Å². The van der Waals surface area contributed by atoms with Crippen LogP contribution in [0.1, 0.15) is 23.2 Å². The Morgan fingerprint density at radius 1 is 1.50 bits per heavy atom. The average Bonchev–Trinajstić information content (AvgIpc) is 2.32. The zero-order valence-corrected chi connectivity index (χ0v) is 11.3. The summed E-state index contributed by atoms with van der Waals surface area (Å²) >= 11 is 5.66. The van der Waals surface area contributed by atoms with E-state index in [1.165, 1.54) is 18.2 Å². The second-order valence-corrected chi connectivity index (χ2v) is 4.69. The molecule has 0 aromatic heterocycles. The molecule has 3 nitrogen and oxygen atoms in total. The molecule has 0 radical (unpaired) electrons. The van der Waals surface area contributed by atoms with Gasteiger partial charge >= 0.3 is 0 Å². The Morgan fingerprint density at radius 3 is 2.83 bits per heavy atom. The average molecular weight is 293 g/mol. The molecule has 1 heterocycles. The summed E-state index contributed by atoms with van der Waals surface area (Å²) in [6, 6.07) is 4.05. The molecule has 0 saturated carbocycles. The Kier molecular flexibility index (Phi) is 5.38. The summed E-state index contributed by atoms with van der Waals surface area (Å²) < 4.78 is 13.0. The first-order valence-electron chi connectivity index (χ1n) is 5.58. The molecule has 1 atom stereocenters. The van der Waals surface area contributed by atoms with Crippen LogP contribution in [-0.4, -0.2) is 29.9 Å². The number of rotatable bonds is 1. The first kappa shape index (κ1) is 15.2. The fourth-order valence-corrected chi connectivity index (χ4v) is 2.19. The number of carbonyl (C=O) groups is 1. The van der Waals surface area contributed by atoms with Crippen LogP contribution in [0.5, 0.6) is 0 Å². The summed E-state index contributed by atoms with van der Waals surface area (Å²) in [6.07, 6.45) is 1.84. The first-order valence-corrected chi connectivity index (χ1v) is 5.95. The molecule has 1 aliphatic rings. The third-order valence-corrected chi connectivity index (χ3v) is 3.20. The minimum atomic E-state index is -0.515. The summed E-state index contributed by atoms with van der Waals surface area (Å²) in [5.74, 6) is -0.652. The molecule has 1 unspecified atom stereocenters. The van der Waals surface area contributed by atoms with E-state index in [0.29, 0.717) is 18.7 Å². The molecular formula is C12H15Cl2FN2O. The number of likely N-dealkylation sites (tertiary alicyclic amines) is 1. The quantitative estimate of drug-likeness (QED) is 0.864. The van der Waals surface area contributed by atoms with Crippen molar-refractivity contribution in [2.45, 2.75) is 18.9 Å². The van der Waals surface area contributed by atoms with E-state index >= 15 is 0 Å². The minimum Gasteiger partial charge on any atom is -0.337 e. The maximum absolute atomic E-state index is 13.0. The maximum atomic E-state index is 13.0. The van der Waals surface area contributed by atoms with Crippen molar-refractivity contribution < 1.29 is 9.18 Å². The molecule has 1 aliphatic heterocycles. The number of benzene rings is 1. The molecule has 1 amide bonds. The Balaban J connectivity index is 0.00000162. The van der Waals surface area contributed by atoms with E-state index in [1.807, 2.05) is 0 Å². The standard InChI is InChI=1S/C12H14ClFN2O.ClH/c13-10-6-8(3-4-11(10)14)12(17)16-5-1-2-9(15)7-16;/h3-4,6,9H,1-2,5,7,15H2;1H. The fourth-order valence-electron chi connectivity index (χ4n) is 2.01. The number of amides is 1. The van der Waals surface area contributed by atoms with Gasteiger partial charge in [0.15, 0.2) is 0 Å². The highest BCUT2D eigenvalue weighted by Crippen LogP contribution is 2.18. The lowest BCUT2D eigenvalue weighted by atomic mass is 10.1. The number of hydrogen-bond donors (Lipinski definition) is 1. The van der Waals surface area contributed by atoms with Crippen molar-refractivity contribution in [3.05, 3.63) is 34.6 Å². The lowest BCUT2D eigenvalue weighted by molar-refractivity contribution is 0.0709. The van der Waals surface area contributed by atoms with E-state index in [0.717, 1.165) is 12.8 Å². The lowest BCUT2D eigenvalue weighted by Gasteiger charge is -2.30. The largest absolute Gasteiger partial charge is 0.337 e. The van der Waals surface area contributed by atoms with Crippen LogP contribution in [-0.2, 0) is 0 Å². The molecular weight excluding hydrogens is 278 g/mol. The molecule has 1 fully saturated rings. The molecule has 2 rings (SSSR count). The van der Waals surface area contributed by atoms with Gasteiger partial charge in [-0.05, 0) is 31.0 Å². The third-order valence-electron chi connectivity index (χ3n) is 2.91. The fraction of sp³-hybridized carbons (Fsp3) is 0.417. The lowest BCUT2D eigenvalue weighted by Crippen LogP contribution is -2.45. The number of nitrogens with zero attached hydrogens (tertiary/aromatic N) is 1. The van der Waals surface area contributed by atoms with Gasteiger partial charge in [-0.15, -0.1) is 12.4 Å². The van der Waals surface area contributed by atoms with Gasteiger partial charge in [0.05, 0.1) is 5.02 Å². The molecule has 1 aromatic rings.